The lowest BCUT2D eigenvalue weighted by Crippen LogP contribution is -2.16. The van der Waals surface area contributed by atoms with Gasteiger partial charge in [0.2, 0.25) is 5.75 Å². The summed E-state index contributed by atoms with van der Waals surface area (Å²) in [7, 11) is 4.65. The topological polar surface area (TPSA) is 77.0 Å². The van der Waals surface area contributed by atoms with E-state index in [0.717, 1.165) is 5.69 Å². The zero-order chi connectivity index (χ0) is 15.1. The van der Waals surface area contributed by atoms with Gasteiger partial charge in [0.15, 0.2) is 11.5 Å². The third kappa shape index (κ3) is 4.22. The second-order valence-corrected chi connectivity index (χ2v) is 4.39. The molecule has 0 saturated carbocycles. The van der Waals surface area contributed by atoms with Crippen LogP contribution in [0, 0.1) is 0 Å². The van der Waals surface area contributed by atoms with E-state index in [9.17, 15) is 4.79 Å². The number of hydrogen-bond acceptors (Lipinski definition) is 5. The first kappa shape index (κ1) is 15.9. The first-order valence-corrected chi connectivity index (χ1v) is 6.30. The number of carbonyl (C=O) groups is 1. The average Bonchev–Trinajstić information content (AvgIpc) is 2.43. The number of nitrogens with one attached hydrogen (secondary N) is 1. The Morgan fingerprint density at radius 3 is 2.15 bits per heavy atom. The quantitative estimate of drug-likeness (QED) is 0.762. The molecule has 0 spiro atoms. The predicted octanol–water partition coefficient (Wildman–Crippen LogP) is 2.38. The number of carboxylic acids is 1. The minimum Gasteiger partial charge on any atom is -0.493 e. The van der Waals surface area contributed by atoms with Crippen LogP contribution in [0.1, 0.15) is 19.8 Å². The highest BCUT2D eigenvalue weighted by Gasteiger charge is 2.14. The molecule has 0 saturated heterocycles. The molecule has 1 aromatic rings. The van der Waals surface area contributed by atoms with Gasteiger partial charge in [-0.3, -0.25) is 4.79 Å². The summed E-state index contributed by atoms with van der Waals surface area (Å²) in [6.45, 7) is 1.92. The van der Waals surface area contributed by atoms with E-state index < -0.39 is 5.97 Å². The van der Waals surface area contributed by atoms with Crippen LogP contribution >= 0.6 is 0 Å². The zero-order valence-corrected chi connectivity index (χ0v) is 12.2. The van der Waals surface area contributed by atoms with E-state index in [1.807, 2.05) is 6.92 Å². The van der Waals surface area contributed by atoms with Crippen molar-refractivity contribution < 1.29 is 24.1 Å². The minimum absolute atomic E-state index is 0.0221. The molecule has 0 aromatic heterocycles. The Hall–Kier alpha value is -2.11. The van der Waals surface area contributed by atoms with Crippen LogP contribution in [0.3, 0.4) is 0 Å². The second kappa shape index (κ2) is 7.47. The zero-order valence-electron chi connectivity index (χ0n) is 12.2. The smallest absolute Gasteiger partial charge is 0.303 e. The van der Waals surface area contributed by atoms with Gasteiger partial charge in [0.05, 0.1) is 21.3 Å². The minimum atomic E-state index is -0.802. The molecule has 2 N–H and O–H groups in total. The lowest BCUT2D eigenvalue weighted by atomic mass is 10.1. The molecule has 6 nitrogen and oxygen atoms in total. The van der Waals surface area contributed by atoms with E-state index in [2.05, 4.69) is 5.32 Å². The summed E-state index contributed by atoms with van der Waals surface area (Å²) in [6, 6.07) is 3.60. The summed E-state index contributed by atoms with van der Waals surface area (Å²) in [5.41, 5.74) is 0.789. The first-order chi connectivity index (χ1) is 9.51. The monoisotopic (exact) mass is 283 g/mol. The predicted molar refractivity (Wildman–Crippen MR) is 76.1 cm³/mol. The molecule has 20 heavy (non-hydrogen) atoms. The van der Waals surface area contributed by atoms with Crippen molar-refractivity contribution in [2.75, 3.05) is 26.6 Å². The van der Waals surface area contributed by atoms with Gasteiger partial charge in [-0.1, -0.05) is 0 Å². The molecule has 0 aliphatic carbocycles. The van der Waals surface area contributed by atoms with Gasteiger partial charge in [-0.25, -0.2) is 0 Å². The van der Waals surface area contributed by atoms with Crippen LogP contribution in [-0.2, 0) is 4.79 Å². The Morgan fingerprint density at radius 1 is 1.20 bits per heavy atom. The highest BCUT2D eigenvalue weighted by molar-refractivity contribution is 5.67. The molecule has 6 heteroatoms. The summed E-state index contributed by atoms with van der Waals surface area (Å²) in [5, 5.41) is 11.9. The number of ether oxygens (including phenoxy) is 3. The molecular formula is C14H21NO5. The molecule has 0 radical (unpaired) electrons. The van der Waals surface area contributed by atoms with Crippen molar-refractivity contribution in [3.63, 3.8) is 0 Å². The van der Waals surface area contributed by atoms with Crippen LogP contribution < -0.4 is 19.5 Å². The summed E-state index contributed by atoms with van der Waals surface area (Å²) >= 11 is 0. The van der Waals surface area contributed by atoms with Crippen molar-refractivity contribution in [1.29, 1.82) is 0 Å². The SMILES string of the molecule is COc1cc(NC(C)CCC(=O)O)cc(OC)c1OC. The standard InChI is InChI=1S/C14H21NO5/c1-9(5-6-13(16)17)15-10-7-11(18-2)14(20-4)12(8-10)19-3/h7-9,15H,5-6H2,1-4H3,(H,16,17). The molecule has 0 aliphatic heterocycles. The maximum atomic E-state index is 10.6. The Balaban J connectivity index is 2.87. The lowest BCUT2D eigenvalue weighted by molar-refractivity contribution is -0.137. The Morgan fingerprint density at radius 2 is 1.75 bits per heavy atom. The largest absolute Gasteiger partial charge is 0.493 e. The van der Waals surface area contributed by atoms with Gasteiger partial charge in [0.25, 0.3) is 0 Å². The van der Waals surface area contributed by atoms with Gasteiger partial charge in [-0.15, -0.1) is 0 Å². The number of rotatable bonds is 8. The van der Waals surface area contributed by atoms with E-state index in [1.165, 1.54) is 0 Å². The molecule has 0 bridgehead atoms. The van der Waals surface area contributed by atoms with Gasteiger partial charge in [0.1, 0.15) is 0 Å². The Kier molecular flexibility index (Phi) is 5.96. The number of carboxylic acid groups (broad SMARTS) is 1. The molecule has 1 unspecified atom stereocenters. The van der Waals surface area contributed by atoms with E-state index in [1.54, 1.807) is 33.5 Å². The fraction of sp³-hybridized carbons (Fsp3) is 0.500. The first-order valence-electron chi connectivity index (χ1n) is 6.30. The van der Waals surface area contributed by atoms with E-state index in [-0.39, 0.29) is 12.5 Å². The normalized spacial score (nSPS) is 11.6. The van der Waals surface area contributed by atoms with E-state index in [4.69, 9.17) is 19.3 Å². The molecule has 0 fully saturated rings. The maximum absolute atomic E-state index is 10.6. The van der Waals surface area contributed by atoms with E-state index >= 15 is 0 Å². The van der Waals surface area contributed by atoms with Crippen LogP contribution in [-0.4, -0.2) is 38.4 Å². The van der Waals surface area contributed by atoms with Gasteiger partial charge in [0, 0.05) is 30.3 Å². The Bertz CT molecular complexity index is 436. The van der Waals surface area contributed by atoms with Crippen molar-refractivity contribution in [3.8, 4) is 17.2 Å². The molecule has 1 atom stereocenters. The fourth-order valence-electron chi connectivity index (χ4n) is 1.86. The summed E-state index contributed by atoms with van der Waals surface area (Å²) in [6.07, 6.45) is 0.657. The summed E-state index contributed by atoms with van der Waals surface area (Å²) in [4.78, 5) is 10.6. The molecule has 0 amide bonds. The van der Waals surface area contributed by atoms with Crippen LogP contribution in [0.2, 0.25) is 0 Å². The van der Waals surface area contributed by atoms with Crippen LogP contribution in [0.4, 0.5) is 5.69 Å². The summed E-state index contributed by atoms with van der Waals surface area (Å²) in [5.74, 6) is 0.835. The number of hydrogen-bond donors (Lipinski definition) is 2. The van der Waals surface area contributed by atoms with Gasteiger partial charge in [-0.05, 0) is 13.3 Å². The third-order valence-electron chi connectivity index (χ3n) is 2.87. The lowest BCUT2D eigenvalue weighted by Gasteiger charge is -2.18. The molecule has 0 heterocycles. The van der Waals surface area contributed by atoms with Crippen LogP contribution in [0.15, 0.2) is 12.1 Å². The summed E-state index contributed by atoms with van der Waals surface area (Å²) < 4.78 is 15.8. The molecule has 112 valence electrons. The van der Waals surface area contributed by atoms with Crippen molar-refractivity contribution in [2.45, 2.75) is 25.8 Å². The van der Waals surface area contributed by atoms with Crippen LogP contribution in [0.25, 0.3) is 0 Å². The maximum Gasteiger partial charge on any atom is 0.303 e. The average molecular weight is 283 g/mol. The number of aliphatic carboxylic acids is 1. The van der Waals surface area contributed by atoms with Crippen LogP contribution in [0.5, 0.6) is 17.2 Å². The van der Waals surface area contributed by atoms with Crippen molar-refractivity contribution in [2.24, 2.45) is 0 Å². The third-order valence-corrected chi connectivity index (χ3v) is 2.87. The number of benzene rings is 1. The highest BCUT2D eigenvalue weighted by Crippen LogP contribution is 2.40. The van der Waals surface area contributed by atoms with Crippen molar-refractivity contribution in [3.05, 3.63) is 12.1 Å². The van der Waals surface area contributed by atoms with Gasteiger partial charge >= 0.3 is 5.97 Å². The Labute approximate surface area is 118 Å². The molecular weight excluding hydrogens is 262 g/mol. The van der Waals surface area contributed by atoms with E-state index in [0.29, 0.717) is 23.7 Å². The molecule has 0 aliphatic rings. The molecule has 1 rings (SSSR count). The number of methoxy groups -OCH3 is 3. The van der Waals surface area contributed by atoms with Crippen molar-refractivity contribution in [1.82, 2.24) is 0 Å². The number of anilines is 1. The van der Waals surface area contributed by atoms with Gasteiger partial charge < -0.3 is 24.6 Å². The fourth-order valence-corrected chi connectivity index (χ4v) is 1.86. The van der Waals surface area contributed by atoms with Crippen molar-refractivity contribution >= 4 is 11.7 Å². The van der Waals surface area contributed by atoms with Gasteiger partial charge in [-0.2, -0.15) is 0 Å². The second-order valence-electron chi connectivity index (χ2n) is 4.39. The molecule has 1 aromatic carbocycles. The highest BCUT2D eigenvalue weighted by atomic mass is 16.5.